The summed E-state index contributed by atoms with van der Waals surface area (Å²) < 4.78 is 20.7. The Balaban J connectivity index is 1.70. The summed E-state index contributed by atoms with van der Waals surface area (Å²) in [5.74, 6) is 11.7. The van der Waals surface area contributed by atoms with Crippen LogP contribution in [0.15, 0.2) is 23.8 Å². The van der Waals surface area contributed by atoms with Crippen molar-refractivity contribution in [3.8, 4) is 23.3 Å². The van der Waals surface area contributed by atoms with Gasteiger partial charge in [-0.15, -0.1) is 5.92 Å². The van der Waals surface area contributed by atoms with Crippen molar-refractivity contribution < 1.29 is 14.1 Å². The molecule has 3 atom stereocenters. The summed E-state index contributed by atoms with van der Waals surface area (Å²) in [7, 11) is -2.14. The normalized spacial score (nSPS) is 24.1. The molecule has 0 radical (unpaired) electrons. The van der Waals surface area contributed by atoms with Crippen LogP contribution in [0.3, 0.4) is 0 Å². The van der Waals surface area contributed by atoms with Gasteiger partial charge < -0.3 is 9.84 Å². The topological polar surface area (TPSA) is 58.6 Å². The molecule has 1 unspecified atom stereocenters. The average Bonchev–Trinajstić information content (AvgIpc) is 2.58. The summed E-state index contributed by atoms with van der Waals surface area (Å²) in [6.07, 6.45) is 8.01. The van der Waals surface area contributed by atoms with E-state index in [1.54, 1.807) is 6.26 Å². The van der Waals surface area contributed by atoms with Crippen LogP contribution < -0.4 is 9.46 Å². The average molecular weight is 416 g/mol. The molecule has 0 aromatic heterocycles. The molecule has 1 heterocycles. The van der Waals surface area contributed by atoms with E-state index in [1.165, 1.54) is 5.57 Å². The van der Waals surface area contributed by atoms with Crippen LogP contribution in [0, 0.1) is 17.8 Å². The molecule has 4 nitrogen and oxygen atoms in total. The van der Waals surface area contributed by atoms with Crippen LogP contribution in [0.4, 0.5) is 0 Å². The zero-order chi connectivity index (χ0) is 21.2. The minimum atomic E-state index is -2.14. The zero-order valence-electron chi connectivity index (χ0n) is 18.0. The third-order valence-electron chi connectivity index (χ3n) is 5.87. The van der Waals surface area contributed by atoms with Gasteiger partial charge in [0.25, 0.3) is 0 Å². The summed E-state index contributed by atoms with van der Waals surface area (Å²) in [4.78, 5) is 0. The first-order valence-electron chi connectivity index (χ1n) is 10.3. The van der Waals surface area contributed by atoms with E-state index >= 15 is 0 Å². The Morgan fingerprint density at radius 3 is 2.86 bits per heavy atom. The Bertz CT molecular complexity index is 964. The van der Waals surface area contributed by atoms with Gasteiger partial charge in [0.15, 0.2) is 0 Å². The van der Waals surface area contributed by atoms with E-state index in [4.69, 9.17) is 4.74 Å². The number of hydrogen-bond acceptors (Lipinski definition) is 3. The maximum atomic E-state index is 11.5. The molecule has 158 valence electrons. The van der Waals surface area contributed by atoms with Crippen LogP contribution in [0.5, 0.6) is 11.5 Å². The fourth-order valence-corrected chi connectivity index (χ4v) is 5.02. The Morgan fingerprint density at radius 1 is 1.38 bits per heavy atom. The summed E-state index contributed by atoms with van der Waals surface area (Å²) in [5.41, 5.74) is 3.06. The molecular formula is C24H33NO3S. The number of allylic oxidation sites excluding steroid dienone is 2. The van der Waals surface area contributed by atoms with E-state index in [2.05, 4.69) is 49.3 Å². The molecule has 1 aromatic carbocycles. The highest BCUT2D eigenvalue weighted by Gasteiger charge is 2.45. The lowest BCUT2D eigenvalue weighted by molar-refractivity contribution is 0.00754. The zero-order valence-corrected chi connectivity index (χ0v) is 18.8. The number of nitrogens with one attached hydrogen (secondary N) is 1. The van der Waals surface area contributed by atoms with Gasteiger partial charge in [0.1, 0.15) is 17.1 Å². The molecule has 1 aromatic rings. The smallest absolute Gasteiger partial charge is 0.127 e. The van der Waals surface area contributed by atoms with E-state index in [0.717, 1.165) is 42.6 Å². The molecule has 0 spiro atoms. The maximum absolute atomic E-state index is 11.5. The number of phenolic OH excluding ortho intramolecular Hbond substituents is 1. The highest BCUT2D eigenvalue weighted by Crippen LogP contribution is 2.54. The fourth-order valence-electron chi connectivity index (χ4n) is 4.44. The molecular weight excluding hydrogens is 382 g/mol. The van der Waals surface area contributed by atoms with Crippen molar-refractivity contribution >= 4 is 15.6 Å². The molecule has 0 saturated carbocycles. The molecule has 0 fully saturated rings. The van der Waals surface area contributed by atoms with E-state index in [1.807, 2.05) is 12.1 Å². The van der Waals surface area contributed by atoms with E-state index in [0.29, 0.717) is 30.6 Å². The van der Waals surface area contributed by atoms with Gasteiger partial charge in [0.05, 0.1) is 0 Å². The quantitative estimate of drug-likeness (QED) is 0.328. The van der Waals surface area contributed by atoms with Crippen LogP contribution in [0.25, 0.3) is 0 Å². The highest BCUT2D eigenvalue weighted by atomic mass is 32.2. The first-order valence-corrected chi connectivity index (χ1v) is 12.4. The predicted octanol–water partition coefficient (Wildman–Crippen LogP) is 4.18. The molecule has 1 aliphatic carbocycles. The lowest BCUT2D eigenvalue weighted by Gasteiger charge is -2.47. The molecule has 2 aliphatic rings. The minimum absolute atomic E-state index is 0.259. The van der Waals surface area contributed by atoms with E-state index in [-0.39, 0.29) is 5.60 Å². The lowest BCUT2D eigenvalue weighted by Crippen LogP contribution is -2.45. The number of unbranched alkanes of at least 4 members (excludes halogenated alkanes) is 1. The Morgan fingerprint density at radius 2 is 2.14 bits per heavy atom. The van der Waals surface area contributed by atoms with Crippen molar-refractivity contribution in [3.05, 3.63) is 34.9 Å². The molecule has 0 amide bonds. The molecule has 29 heavy (non-hydrogen) atoms. The van der Waals surface area contributed by atoms with Crippen LogP contribution in [0.2, 0.25) is 0 Å². The van der Waals surface area contributed by atoms with Gasteiger partial charge in [-0.1, -0.05) is 17.6 Å². The maximum Gasteiger partial charge on any atom is 0.127 e. The van der Waals surface area contributed by atoms with Crippen LogP contribution in [-0.4, -0.2) is 33.6 Å². The second kappa shape index (κ2) is 8.45. The Hall–Kier alpha value is -1.90. The molecule has 2 N–H and O–H groups in total. The number of rotatable bonds is 5. The Labute approximate surface area is 175 Å². The van der Waals surface area contributed by atoms with Gasteiger partial charge in [-0.05, 0) is 63.6 Å². The first kappa shape index (κ1) is 21.8. The van der Waals surface area contributed by atoms with E-state index in [9.17, 15) is 9.32 Å². The number of fused-ring (bicyclic) bond motifs is 3. The SMILES string of the molecule is C=S(C)(=O)NCCCC#CCc1cc(O)c2c(c1)OC(C)(C)[C@H]1CC=C(C)C[C@@H]21. The van der Waals surface area contributed by atoms with Gasteiger partial charge in [-0.25, -0.2) is 4.72 Å². The van der Waals surface area contributed by atoms with Gasteiger partial charge in [0, 0.05) is 52.7 Å². The second-order valence-electron chi connectivity index (χ2n) is 8.97. The summed E-state index contributed by atoms with van der Waals surface area (Å²) >= 11 is 0. The third kappa shape index (κ3) is 5.38. The molecule has 3 rings (SSSR count). The van der Waals surface area contributed by atoms with Crippen molar-refractivity contribution in [2.45, 2.75) is 64.4 Å². The molecule has 5 heteroatoms. The van der Waals surface area contributed by atoms with Crippen LogP contribution >= 0.6 is 0 Å². The lowest BCUT2D eigenvalue weighted by atomic mass is 9.67. The number of aromatic hydroxyl groups is 1. The van der Waals surface area contributed by atoms with Gasteiger partial charge >= 0.3 is 0 Å². The van der Waals surface area contributed by atoms with Crippen LogP contribution in [-0.2, 0) is 16.1 Å². The van der Waals surface area contributed by atoms with Crippen molar-refractivity contribution in [1.82, 2.24) is 4.72 Å². The van der Waals surface area contributed by atoms with Gasteiger partial charge in [-0.3, -0.25) is 4.21 Å². The van der Waals surface area contributed by atoms with E-state index < -0.39 is 9.71 Å². The van der Waals surface area contributed by atoms with Crippen molar-refractivity contribution in [2.75, 3.05) is 12.8 Å². The Kier molecular flexibility index (Phi) is 6.36. The van der Waals surface area contributed by atoms with Crippen molar-refractivity contribution in [2.24, 2.45) is 5.92 Å². The third-order valence-corrected chi connectivity index (χ3v) is 6.68. The molecule has 1 aliphatic heterocycles. The number of phenols is 1. The number of hydrogen-bond donors (Lipinski definition) is 2. The standard InChI is InChI=1S/C24H33NO3S/c1-17-11-12-20-19(14-17)23-21(26)15-18(16-22(23)28-24(20,2)3)10-8-6-7-9-13-25-29(4,5)27/h11,15-16,19-20,26H,4,7,9-10,12-14H2,1-3,5H3,(H,25,27)/t19-,20+,29?/m1/s1. The summed E-state index contributed by atoms with van der Waals surface area (Å²) in [6.45, 7) is 7.12. The van der Waals surface area contributed by atoms with Gasteiger partial charge in [-0.2, -0.15) is 0 Å². The minimum Gasteiger partial charge on any atom is -0.508 e. The van der Waals surface area contributed by atoms with Crippen molar-refractivity contribution in [3.63, 3.8) is 0 Å². The summed E-state index contributed by atoms with van der Waals surface area (Å²) in [6, 6.07) is 3.89. The predicted molar refractivity (Wildman–Crippen MR) is 122 cm³/mol. The van der Waals surface area contributed by atoms with Gasteiger partial charge in [0.2, 0.25) is 0 Å². The monoisotopic (exact) mass is 415 g/mol. The second-order valence-corrected chi connectivity index (χ2v) is 11.3. The highest BCUT2D eigenvalue weighted by molar-refractivity contribution is 7.97. The molecule has 0 saturated heterocycles. The molecule has 0 bridgehead atoms. The summed E-state index contributed by atoms with van der Waals surface area (Å²) in [5, 5.41) is 10.8. The first-order chi connectivity index (χ1) is 13.6. The fraction of sp³-hybridized carbons (Fsp3) is 0.542. The van der Waals surface area contributed by atoms with Crippen molar-refractivity contribution in [1.29, 1.82) is 0 Å². The largest absolute Gasteiger partial charge is 0.508 e. The number of benzene rings is 1. The van der Waals surface area contributed by atoms with Crippen LogP contribution in [0.1, 0.15) is 63.5 Å². The number of ether oxygens (including phenoxy) is 1.